The zero-order valence-corrected chi connectivity index (χ0v) is 11.7. The molecule has 2 aliphatic heterocycles. The van der Waals surface area contributed by atoms with Gasteiger partial charge in [0, 0.05) is 18.1 Å². The molecule has 1 N–H and O–H groups in total. The van der Waals surface area contributed by atoms with Crippen molar-refractivity contribution >= 4 is 5.69 Å². The Labute approximate surface area is 115 Å². The van der Waals surface area contributed by atoms with E-state index in [1.807, 2.05) is 13.0 Å². The van der Waals surface area contributed by atoms with Gasteiger partial charge in [-0.2, -0.15) is 5.26 Å². The predicted molar refractivity (Wildman–Crippen MR) is 77.3 cm³/mol. The standard InChI is InChI=1S/C16H21N3/c1-11-4-3-5-16(15(11)10-17)19-13-6-7-14(19)9-12(8-13)18-2/h3-5,12-14,18H,6-9H2,1-2H3. The van der Waals surface area contributed by atoms with Crippen LogP contribution in [-0.4, -0.2) is 25.2 Å². The third-order valence-corrected chi connectivity index (χ3v) is 4.78. The molecule has 2 heterocycles. The second kappa shape index (κ2) is 4.86. The number of benzene rings is 1. The predicted octanol–water partition coefficient (Wildman–Crippen LogP) is 2.59. The van der Waals surface area contributed by atoms with Gasteiger partial charge in [0.05, 0.1) is 11.3 Å². The average Bonchev–Trinajstić information content (AvgIpc) is 2.68. The van der Waals surface area contributed by atoms with Crippen LogP contribution in [0.3, 0.4) is 0 Å². The first kappa shape index (κ1) is 12.5. The van der Waals surface area contributed by atoms with Crippen molar-refractivity contribution in [3.05, 3.63) is 29.3 Å². The Hall–Kier alpha value is -1.53. The number of nitriles is 1. The second-order valence-electron chi connectivity index (χ2n) is 5.83. The van der Waals surface area contributed by atoms with Crippen LogP contribution < -0.4 is 10.2 Å². The van der Waals surface area contributed by atoms with E-state index in [0.717, 1.165) is 16.8 Å². The van der Waals surface area contributed by atoms with Crippen molar-refractivity contribution in [2.24, 2.45) is 0 Å². The van der Waals surface area contributed by atoms with Gasteiger partial charge in [-0.25, -0.2) is 0 Å². The lowest BCUT2D eigenvalue weighted by Gasteiger charge is -2.41. The summed E-state index contributed by atoms with van der Waals surface area (Å²) in [4.78, 5) is 2.53. The Balaban J connectivity index is 1.97. The van der Waals surface area contributed by atoms with E-state index in [0.29, 0.717) is 18.1 Å². The van der Waals surface area contributed by atoms with Gasteiger partial charge in [0.1, 0.15) is 6.07 Å². The average molecular weight is 255 g/mol. The summed E-state index contributed by atoms with van der Waals surface area (Å²) in [5.41, 5.74) is 3.11. The maximum Gasteiger partial charge on any atom is 0.102 e. The lowest BCUT2D eigenvalue weighted by molar-refractivity contribution is 0.373. The Morgan fingerprint density at radius 3 is 2.53 bits per heavy atom. The molecule has 2 bridgehead atoms. The molecule has 2 fully saturated rings. The number of anilines is 1. The second-order valence-corrected chi connectivity index (χ2v) is 5.83. The molecule has 0 radical (unpaired) electrons. The normalized spacial score (nSPS) is 29.3. The summed E-state index contributed by atoms with van der Waals surface area (Å²) >= 11 is 0. The maximum absolute atomic E-state index is 9.43. The lowest BCUT2D eigenvalue weighted by atomic mass is 9.95. The monoisotopic (exact) mass is 255 g/mol. The molecule has 3 rings (SSSR count). The van der Waals surface area contributed by atoms with E-state index < -0.39 is 0 Å². The molecular weight excluding hydrogens is 234 g/mol. The number of hydrogen-bond donors (Lipinski definition) is 1. The highest BCUT2D eigenvalue weighted by molar-refractivity contribution is 5.64. The van der Waals surface area contributed by atoms with Crippen LogP contribution in [0.1, 0.15) is 36.8 Å². The number of nitrogens with one attached hydrogen (secondary N) is 1. The summed E-state index contributed by atoms with van der Waals surface area (Å²) in [6.07, 6.45) is 4.93. The number of rotatable bonds is 2. The van der Waals surface area contributed by atoms with Gasteiger partial charge >= 0.3 is 0 Å². The molecule has 100 valence electrons. The van der Waals surface area contributed by atoms with E-state index >= 15 is 0 Å². The minimum Gasteiger partial charge on any atom is -0.364 e. The largest absolute Gasteiger partial charge is 0.364 e. The Kier molecular flexibility index (Phi) is 3.20. The number of fused-ring (bicyclic) bond motifs is 2. The van der Waals surface area contributed by atoms with E-state index in [1.165, 1.54) is 25.7 Å². The van der Waals surface area contributed by atoms with E-state index in [-0.39, 0.29) is 0 Å². The minimum absolute atomic E-state index is 0.602. The molecule has 2 atom stereocenters. The molecule has 1 aromatic carbocycles. The molecule has 2 aliphatic rings. The third-order valence-electron chi connectivity index (χ3n) is 4.78. The fraction of sp³-hybridized carbons (Fsp3) is 0.562. The zero-order valence-electron chi connectivity index (χ0n) is 11.7. The van der Waals surface area contributed by atoms with Crippen LogP contribution in [-0.2, 0) is 0 Å². The molecule has 0 saturated carbocycles. The first-order valence-electron chi connectivity index (χ1n) is 7.20. The summed E-state index contributed by atoms with van der Waals surface area (Å²) < 4.78 is 0. The molecule has 3 nitrogen and oxygen atoms in total. The van der Waals surface area contributed by atoms with Gasteiger partial charge in [0.2, 0.25) is 0 Å². The van der Waals surface area contributed by atoms with Crippen LogP contribution in [0.4, 0.5) is 5.69 Å². The molecule has 3 heteroatoms. The molecule has 0 amide bonds. The van der Waals surface area contributed by atoms with Crippen LogP contribution in [0, 0.1) is 18.3 Å². The number of hydrogen-bond acceptors (Lipinski definition) is 3. The van der Waals surface area contributed by atoms with E-state index in [1.54, 1.807) is 0 Å². The Morgan fingerprint density at radius 2 is 1.95 bits per heavy atom. The molecule has 2 saturated heterocycles. The first-order chi connectivity index (χ1) is 9.24. The lowest BCUT2D eigenvalue weighted by Crippen LogP contribution is -2.48. The number of piperidine rings is 1. The van der Waals surface area contributed by atoms with Gasteiger partial charge in [-0.05, 0) is 51.3 Å². The van der Waals surface area contributed by atoms with Crippen molar-refractivity contribution < 1.29 is 0 Å². The van der Waals surface area contributed by atoms with Gasteiger partial charge in [-0.3, -0.25) is 0 Å². The highest BCUT2D eigenvalue weighted by atomic mass is 15.2. The van der Waals surface area contributed by atoms with E-state index in [4.69, 9.17) is 0 Å². The molecule has 0 aromatic heterocycles. The summed E-state index contributed by atoms with van der Waals surface area (Å²) in [5, 5.41) is 12.9. The van der Waals surface area contributed by atoms with Crippen molar-refractivity contribution in [3.63, 3.8) is 0 Å². The van der Waals surface area contributed by atoms with Gasteiger partial charge < -0.3 is 10.2 Å². The topological polar surface area (TPSA) is 39.1 Å². The highest BCUT2D eigenvalue weighted by Gasteiger charge is 2.41. The van der Waals surface area contributed by atoms with Crippen molar-refractivity contribution in [3.8, 4) is 6.07 Å². The van der Waals surface area contributed by atoms with Crippen LogP contribution in [0.15, 0.2) is 18.2 Å². The molecule has 19 heavy (non-hydrogen) atoms. The molecule has 0 spiro atoms. The maximum atomic E-state index is 9.43. The van der Waals surface area contributed by atoms with Crippen LogP contribution in [0.25, 0.3) is 0 Å². The Bertz CT molecular complexity index is 503. The van der Waals surface area contributed by atoms with E-state index in [9.17, 15) is 5.26 Å². The molecule has 1 aromatic rings. The van der Waals surface area contributed by atoms with Gasteiger partial charge in [0.15, 0.2) is 0 Å². The fourth-order valence-electron chi connectivity index (χ4n) is 3.82. The summed E-state index contributed by atoms with van der Waals surface area (Å²) in [6.45, 7) is 2.03. The molecule has 0 aliphatic carbocycles. The summed E-state index contributed by atoms with van der Waals surface area (Å²) in [5.74, 6) is 0. The Morgan fingerprint density at radius 1 is 1.26 bits per heavy atom. The van der Waals surface area contributed by atoms with Crippen LogP contribution in [0.2, 0.25) is 0 Å². The van der Waals surface area contributed by atoms with Crippen molar-refractivity contribution in [2.45, 2.75) is 50.7 Å². The van der Waals surface area contributed by atoms with Crippen molar-refractivity contribution in [2.75, 3.05) is 11.9 Å². The minimum atomic E-state index is 0.602. The number of nitrogens with zero attached hydrogens (tertiary/aromatic N) is 2. The van der Waals surface area contributed by atoms with Gasteiger partial charge in [-0.15, -0.1) is 0 Å². The van der Waals surface area contributed by atoms with E-state index in [2.05, 4.69) is 35.5 Å². The van der Waals surface area contributed by atoms with Crippen molar-refractivity contribution in [1.29, 1.82) is 5.26 Å². The van der Waals surface area contributed by atoms with Gasteiger partial charge in [0.25, 0.3) is 0 Å². The number of aryl methyl sites for hydroxylation is 1. The molecular formula is C16H21N3. The van der Waals surface area contributed by atoms with Crippen LogP contribution in [0.5, 0.6) is 0 Å². The smallest absolute Gasteiger partial charge is 0.102 e. The quantitative estimate of drug-likeness (QED) is 0.883. The third kappa shape index (κ3) is 2.01. The fourth-order valence-corrected chi connectivity index (χ4v) is 3.82. The SMILES string of the molecule is CNC1CC2CCC(C1)N2c1cccc(C)c1C#N. The summed E-state index contributed by atoms with van der Waals surface area (Å²) in [6, 6.07) is 10.5. The van der Waals surface area contributed by atoms with Gasteiger partial charge in [-0.1, -0.05) is 12.1 Å². The van der Waals surface area contributed by atoms with Crippen molar-refractivity contribution in [1.82, 2.24) is 5.32 Å². The summed E-state index contributed by atoms with van der Waals surface area (Å²) in [7, 11) is 2.06. The van der Waals surface area contributed by atoms with Crippen LogP contribution >= 0.6 is 0 Å². The zero-order chi connectivity index (χ0) is 13.4. The highest BCUT2D eigenvalue weighted by Crippen LogP contribution is 2.40. The molecule has 2 unspecified atom stereocenters. The first-order valence-corrected chi connectivity index (χ1v) is 7.20.